The largest absolute Gasteiger partial charge is 0.433 e. The van der Waals surface area contributed by atoms with Crippen molar-refractivity contribution in [1.82, 2.24) is 5.23 Å². The van der Waals surface area contributed by atoms with Gasteiger partial charge in [0.05, 0.1) is 0 Å². The van der Waals surface area contributed by atoms with E-state index in [0.717, 1.165) is 28.3 Å². The molecule has 4 heteroatoms. The Hall–Kier alpha value is -2.98. The Morgan fingerprint density at radius 2 is 1.38 bits per heavy atom. The van der Waals surface area contributed by atoms with Crippen LogP contribution in [0.4, 0.5) is 17.1 Å². The lowest BCUT2D eigenvalue weighted by Crippen LogP contribution is -2.28. The molecule has 0 radical (unpaired) electrons. The number of hydrogen-bond donors (Lipinski definition) is 2. The van der Waals surface area contributed by atoms with Crippen LogP contribution < -0.4 is 10.1 Å². The van der Waals surface area contributed by atoms with E-state index in [9.17, 15) is 5.02 Å². The van der Waals surface area contributed by atoms with E-state index in [0.29, 0.717) is 0 Å². The Morgan fingerprint density at radius 1 is 0.846 bits per heavy atom. The van der Waals surface area contributed by atoms with Crippen molar-refractivity contribution < 1.29 is 5.02 Å². The Labute approximate surface area is 155 Å². The fraction of sp³-hybridized carbons (Fsp3) is 0.0909. The summed E-state index contributed by atoms with van der Waals surface area (Å²) in [7, 11) is -0.570. The highest BCUT2D eigenvalue weighted by molar-refractivity contribution is 6.46. The molecule has 0 aliphatic carbocycles. The Balaban J connectivity index is 2.02. The third-order valence-electron chi connectivity index (χ3n) is 3.98. The highest BCUT2D eigenvalue weighted by Crippen LogP contribution is 2.34. The minimum absolute atomic E-state index is 0.570. The smallest absolute Gasteiger partial charge is 0.406 e. The van der Waals surface area contributed by atoms with Crippen LogP contribution in [0.25, 0.3) is 6.08 Å². The van der Waals surface area contributed by atoms with Crippen LogP contribution in [0.1, 0.15) is 12.5 Å². The summed E-state index contributed by atoms with van der Waals surface area (Å²) in [6.07, 6.45) is 2.03. The lowest BCUT2D eigenvalue weighted by atomic mass is 9.88. The van der Waals surface area contributed by atoms with Crippen molar-refractivity contribution in [3.05, 3.63) is 96.2 Å². The first-order valence-corrected chi connectivity index (χ1v) is 8.77. The maximum Gasteiger partial charge on any atom is 0.406 e. The molecular weight excluding hydrogens is 319 g/mol. The van der Waals surface area contributed by atoms with Crippen molar-refractivity contribution in [3.8, 4) is 0 Å². The summed E-state index contributed by atoms with van der Waals surface area (Å²) in [4.78, 5) is 2.23. The first kappa shape index (κ1) is 17.8. The van der Waals surface area contributed by atoms with E-state index >= 15 is 0 Å². The minimum Gasteiger partial charge on any atom is -0.433 e. The minimum atomic E-state index is -0.570. The van der Waals surface area contributed by atoms with Crippen LogP contribution >= 0.6 is 0 Å². The number of nitrogens with one attached hydrogen (secondary N) is 1. The molecule has 130 valence electrons. The summed E-state index contributed by atoms with van der Waals surface area (Å²) >= 11 is 0. The van der Waals surface area contributed by atoms with Crippen molar-refractivity contribution in [1.29, 1.82) is 0 Å². The molecule has 0 aliphatic heterocycles. The van der Waals surface area contributed by atoms with Gasteiger partial charge < -0.3 is 15.2 Å². The van der Waals surface area contributed by atoms with Gasteiger partial charge in [-0.25, -0.2) is 0 Å². The van der Waals surface area contributed by atoms with Gasteiger partial charge in [0.1, 0.15) is 0 Å². The predicted octanol–water partition coefficient (Wildman–Crippen LogP) is 5.22. The summed E-state index contributed by atoms with van der Waals surface area (Å²) in [5, 5.41) is 12.5. The van der Waals surface area contributed by atoms with Crippen molar-refractivity contribution >= 4 is 30.2 Å². The van der Waals surface area contributed by atoms with Crippen molar-refractivity contribution in [3.63, 3.8) is 0 Å². The van der Waals surface area contributed by atoms with E-state index in [1.165, 1.54) is 0 Å². The van der Waals surface area contributed by atoms with Gasteiger partial charge in [0, 0.05) is 17.1 Å². The number of para-hydroxylation sites is 2. The van der Waals surface area contributed by atoms with Crippen LogP contribution in [0.15, 0.2) is 90.6 Å². The molecule has 0 saturated heterocycles. The van der Waals surface area contributed by atoms with Gasteiger partial charge in [-0.2, -0.15) is 0 Å². The molecule has 3 nitrogen and oxygen atoms in total. The summed E-state index contributed by atoms with van der Waals surface area (Å²) < 4.78 is 0. The molecule has 0 fully saturated rings. The topological polar surface area (TPSA) is 35.5 Å². The zero-order valence-electron chi connectivity index (χ0n) is 15.1. The average molecular weight is 342 g/mol. The van der Waals surface area contributed by atoms with E-state index in [1.54, 1.807) is 6.82 Å². The highest BCUT2D eigenvalue weighted by atomic mass is 16.2. The second-order valence-electron chi connectivity index (χ2n) is 6.25. The molecule has 0 aliphatic rings. The number of benzene rings is 3. The van der Waals surface area contributed by atoms with Crippen LogP contribution in [0.2, 0.25) is 6.82 Å². The van der Waals surface area contributed by atoms with Crippen LogP contribution in [-0.4, -0.2) is 12.1 Å². The lowest BCUT2D eigenvalue weighted by molar-refractivity contribution is 0.566. The predicted molar refractivity (Wildman–Crippen MR) is 112 cm³/mol. The number of rotatable bonds is 6. The van der Waals surface area contributed by atoms with Crippen LogP contribution in [0.3, 0.4) is 0 Å². The molecule has 3 aromatic carbocycles. The molecule has 0 aromatic heterocycles. The van der Waals surface area contributed by atoms with Crippen LogP contribution in [0, 0.1) is 0 Å². The number of anilines is 3. The molecule has 0 amide bonds. The zero-order chi connectivity index (χ0) is 18.4. The fourth-order valence-electron chi connectivity index (χ4n) is 2.98. The molecule has 3 aromatic rings. The van der Waals surface area contributed by atoms with Gasteiger partial charge in [0.15, 0.2) is 0 Å². The third-order valence-corrected chi connectivity index (χ3v) is 3.98. The van der Waals surface area contributed by atoms with Crippen LogP contribution in [0.5, 0.6) is 0 Å². The monoisotopic (exact) mass is 342 g/mol. The van der Waals surface area contributed by atoms with E-state index in [2.05, 4.69) is 58.7 Å². The summed E-state index contributed by atoms with van der Waals surface area (Å²) in [6, 6.07) is 29.0. The number of nitrogens with zero attached hydrogens (tertiary/aromatic N) is 1. The van der Waals surface area contributed by atoms with Gasteiger partial charge in [-0.15, -0.1) is 0 Å². The third kappa shape index (κ3) is 4.55. The van der Waals surface area contributed by atoms with Gasteiger partial charge in [-0.3, -0.25) is 0 Å². The summed E-state index contributed by atoms with van der Waals surface area (Å²) in [6.45, 7) is 3.66. The average Bonchev–Trinajstić information content (AvgIpc) is 2.63. The van der Waals surface area contributed by atoms with Crippen LogP contribution in [-0.2, 0) is 0 Å². The molecule has 0 atom stereocenters. The molecule has 3 rings (SSSR count). The molecular formula is C22H23BN2O. The number of hydrogen-bond acceptors (Lipinski definition) is 3. The quantitative estimate of drug-likeness (QED) is 0.603. The lowest BCUT2D eigenvalue weighted by Gasteiger charge is -2.25. The fourth-order valence-corrected chi connectivity index (χ4v) is 2.98. The molecule has 0 spiro atoms. The summed E-state index contributed by atoms with van der Waals surface area (Å²) in [5.74, 6) is 0. The van der Waals surface area contributed by atoms with Crippen molar-refractivity contribution in [2.75, 3.05) is 4.90 Å². The van der Waals surface area contributed by atoms with E-state index in [1.807, 2.05) is 49.4 Å². The van der Waals surface area contributed by atoms with E-state index in [4.69, 9.17) is 0 Å². The van der Waals surface area contributed by atoms with Gasteiger partial charge in [0.25, 0.3) is 0 Å². The first-order valence-electron chi connectivity index (χ1n) is 8.77. The normalized spacial score (nSPS) is 11.1. The second kappa shape index (κ2) is 8.41. The van der Waals surface area contributed by atoms with Gasteiger partial charge in [-0.05, 0) is 67.5 Å². The Bertz CT molecular complexity index is 824. The maximum atomic E-state index is 9.48. The molecule has 0 saturated carbocycles. The standard InChI is InChI=1S/C22H23BN2O/c1-18(24-23(2)26)16-19-10-9-15-22(17-19)25(20-11-5-3-6-12-20)21-13-7-4-8-14-21/h3-17,24,26H,1-2H3. The van der Waals surface area contributed by atoms with Crippen molar-refractivity contribution in [2.45, 2.75) is 13.7 Å². The maximum absolute atomic E-state index is 9.48. The Morgan fingerprint density at radius 3 is 1.92 bits per heavy atom. The SMILES string of the molecule is CB(O)NC(C)=Cc1cccc(N(c2ccccc2)c2ccccc2)c1. The second-order valence-corrected chi connectivity index (χ2v) is 6.25. The first-order chi connectivity index (χ1) is 12.6. The van der Waals surface area contributed by atoms with Gasteiger partial charge >= 0.3 is 7.05 Å². The van der Waals surface area contributed by atoms with E-state index in [-0.39, 0.29) is 0 Å². The highest BCUT2D eigenvalue weighted by Gasteiger charge is 2.11. The molecule has 0 unspecified atom stereocenters. The van der Waals surface area contributed by atoms with Crippen molar-refractivity contribution in [2.24, 2.45) is 0 Å². The Kier molecular flexibility index (Phi) is 5.77. The summed E-state index contributed by atoms with van der Waals surface area (Å²) in [5.41, 5.74) is 5.30. The molecule has 0 bridgehead atoms. The van der Waals surface area contributed by atoms with Gasteiger partial charge in [0.2, 0.25) is 0 Å². The number of allylic oxidation sites excluding steroid dienone is 1. The molecule has 0 heterocycles. The van der Waals surface area contributed by atoms with Gasteiger partial charge in [-0.1, -0.05) is 48.5 Å². The molecule has 26 heavy (non-hydrogen) atoms. The molecule has 2 N–H and O–H groups in total. The zero-order valence-corrected chi connectivity index (χ0v) is 15.1. The van der Waals surface area contributed by atoms with E-state index < -0.39 is 7.05 Å².